The van der Waals surface area contributed by atoms with Crippen molar-refractivity contribution in [2.75, 3.05) is 77.0 Å². The molecule has 3 rings (SSSR count). The van der Waals surface area contributed by atoms with Crippen LogP contribution in [0.4, 0.5) is 23.7 Å². The Morgan fingerprint density at radius 3 is 2.48 bits per heavy atom. The second-order valence-electron chi connectivity index (χ2n) is 8.72. The van der Waals surface area contributed by atoms with E-state index in [0.29, 0.717) is 31.9 Å². The van der Waals surface area contributed by atoms with Crippen LogP contribution in [0.5, 0.6) is 0 Å². The van der Waals surface area contributed by atoms with Gasteiger partial charge in [-0.05, 0) is 44.5 Å². The summed E-state index contributed by atoms with van der Waals surface area (Å²) in [4.78, 5) is 18.7. The normalized spacial score (nSPS) is 19.3. The number of unbranched alkanes of at least 4 members (excludes halogenated alkanes) is 1. The van der Waals surface area contributed by atoms with E-state index in [4.69, 9.17) is 4.74 Å². The third-order valence-electron chi connectivity index (χ3n) is 6.32. The molecular weight excluding hydrogens is 435 g/mol. The number of hydrogen-bond acceptors (Lipinski definition) is 5. The van der Waals surface area contributed by atoms with Gasteiger partial charge in [-0.2, -0.15) is 13.2 Å². The first-order valence-corrected chi connectivity index (χ1v) is 11.8. The predicted molar refractivity (Wildman–Crippen MR) is 123 cm³/mol. The van der Waals surface area contributed by atoms with Gasteiger partial charge in [0.15, 0.2) is 0 Å². The van der Waals surface area contributed by atoms with Crippen molar-refractivity contribution in [1.29, 1.82) is 0 Å². The van der Waals surface area contributed by atoms with Crippen molar-refractivity contribution in [1.82, 2.24) is 20.4 Å². The predicted octanol–water partition coefficient (Wildman–Crippen LogP) is 2.63. The summed E-state index contributed by atoms with van der Waals surface area (Å²) < 4.78 is 44.2. The van der Waals surface area contributed by atoms with E-state index in [9.17, 15) is 18.0 Å². The van der Waals surface area contributed by atoms with Crippen LogP contribution in [-0.2, 0) is 10.9 Å². The van der Waals surface area contributed by atoms with Gasteiger partial charge >= 0.3 is 12.2 Å². The smallest absolute Gasteiger partial charge is 0.379 e. The number of halogens is 3. The standard InChI is InChI=1S/C23H36F3N5O2/c1-19(30-13-15-33-16-14-30)18-28-22(32)27-7-2-3-8-29-9-11-31(12-10-29)21-6-4-5-20(17-21)23(24,25)26/h4-6,17,19H,2-3,7-16,18H2,1H3,(H2,27,28,32). The van der Waals surface area contributed by atoms with Crippen molar-refractivity contribution in [2.24, 2.45) is 0 Å². The Kier molecular flexibility index (Phi) is 9.64. The quantitative estimate of drug-likeness (QED) is 0.543. The molecule has 0 aromatic heterocycles. The molecule has 1 aromatic carbocycles. The van der Waals surface area contributed by atoms with E-state index in [1.807, 2.05) is 4.90 Å². The summed E-state index contributed by atoms with van der Waals surface area (Å²) in [5.74, 6) is 0. The molecule has 2 aliphatic rings. The average molecular weight is 472 g/mol. The van der Waals surface area contributed by atoms with Crippen LogP contribution in [0.1, 0.15) is 25.3 Å². The Hall–Kier alpha value is -2.04. The van der Waals surface area contributed by atoms with E-state index >= 15 is 0 Å². The molecule has 2 fully saturated rings. The highest BCUT2D eigenvalue weighted by Gasteiger charge is 2.31. The number of carbonyl (C=O) groups is 1. The molecule has 1 unspecified atom stereocenters. The number of morpholine rings is 1. The van der Waals surface area contributed by atoms with Crippen LogP contribution in [-0.4, -0.2) is 94.0 Å². The van der Waals surface area contributed by atoms with Crippen LogP contribution >= 0.6 is 0 Å². The van der Waals surface area contributed by atoms with Crippen LogP contribution in [0.15, 0.2) is 24.3 Å². The SMILES string of the molecule is CC(CNC(=O)NCCCCN1CCN(c2cccc(C(F)(F)F)c2)CC1)N1CCOCC1. The summed E-state index contributed by atoms with van der Waals surface area (Å²) in [7, 11) is 0. The van der Waals surface area contributed by atoms with Crippen LogP contribution in [0.25, 0.3) is 0 Å². The second-order valence-corrected chi connectivity index (χ2v) is 8.72. The summed E-state index contributed by atoms with van der Waals surface area (Å²) in [6.07, 6.45) is -2.46. The number of piperazine rings is 1. The Morgan fingerprint density at radius 2 is 1.79 bits per heavy atom. The summed E-state index contributed by atoms with van der Waals surface area (Å²) in [5.41, 5.74) is 0.0251. The third kappa shape index (κ3) is 8.35. The molecule has 2 heterocycles. The van der Waals surface area contributed by atoms with E-state index in [2.05, 4.69) is 27.4 Å². The fraction of sp³-hybridized carbons (Fsp3) is 0.696. The van der Waals surface area contributed by atoms with Crippen molar-refractivity contribution in [2.45, 2.75) is 32.0 Å². The maximum absolute atomic E-state index is 12.9. The van der Waals surface area contributed by atoms with Gasteiger partial charge in [0.1, 0.15) is 0 Å². The van der Waals surface area contributed by atoms with E-state index in [0.717, 1.165) is 64.8 Å². The average Bonchev–Trinajstić information content (AvgIpc) is 2.83. The number of benzene rings is 1. The van der Waals surface area contributed by atoms with E-state index in [-0.39, 0.29) is 12.1 Å². The first kappa shape index (κ1) is 25.6. The first-order valence-electron chi connectivity index (χ1n) is 11.8. The van der Waals surface area contributed by atoms with Gasteiger partial charge in [-0.1, -0.05) is 6.07 Å². The van der Waals surface area contributed by atoms with Crippen molar-refractivity contribution in [3.63, 3.8) is 0 Å². The minimum Gasteiger partial charge on any atom is -0.379 e. The number of amides is 2. The zero-order valence-electron chi connectivity index (χ0n) is 19.4. The lowest BCUT2D eigenvalue weighted by molar-refractivity contribution is -0.137. The minimum atomic E-state index is -4.32. The minimum absolute atomic E-state index is 0.134. The highest BCUT2D eigenvalue weighted by atomic mass is 19.4. The molecule has 0 aliphatic carbocycles. The van der Waals surface area contributed by atoms with E-state index in [1.54, 1.807) is 6.07 Å². The Morgan fingerprint density at radius 1 is 1.06 bits per heavy atom. The third-order valence-corrected chi connectivity index (χ3v) is 6.32. The molecule has 2 amide bonds. The maximum Gasteiger partial charge on any atom is 0.416 e. The molecule has 2 N–H and O–H groups in total. The molecule has 186 valence electrons. The molecule has 7 nitrogen and oxygen atoms in total. The summed E-state index contributed by atoms with van der Waals surface area (Å²) in [6, 6.07) is 5.70. The highest BCUT2D eigenvalue weighted by molar-refractivity contribution is 5.73. The Labute approximate surface area is 194 Å². The topological polar surface area (TPSA) is 60.1 Å². The van der Waals surface area contributed by atoms with Gasteiger partial charge in [0, 0.05) is 64.1 Å². The van der Waals surface area contributed by atoms with E-state index < -0.39 is 11.7 Å². The number of hydrogen-bond donors (Lipinski definition) is 2. The van der Waals surface area contributed by atoms with Crippen LogP contribution in [0, 0.1) is 0 Å². The van der Waals surface area contributed by atoms with Crippen molar-refractivity contribution in [3.05, 3.63) is 29.8 Å². The molecular formula is C23H36F3N5O2. The Bertz CT molecular complexity index is 735. The fourth-order valence-electron chi connectivity index (χ4n) is 4.22. The highest BCUT2D eigenvalue weighted by Crippen LogP contribution is 2.31. The van der Waals surface area contributed by atoms with Crippen LogP contribution in [0.3, 0.4) is 0 Å². The molecule has 0 radical (unpaired) electrons. The maximum atomic E-state index is 12.9. The number of anilines is 1. The number of carbonyl (C=O) groups excluding carboxylic acids is 1. The molecule has 2 aliphatic heterocycles. The van der Waals surface area contributed by atoms with Gasteiger partial charge < -0.3 is 20.3 Å². The number of ether oxygens (including phenoxy) is 1. The molecule has 1 atom stereocenters. The number of nitrogens with zero attached hydrogens (tertiary/aromatic N) is 3. The molecule has 0 saturated carbocycles. The largest absolute Gasteiger partial charge is 0.416 e. The molecule has 1 aromatic rings. The summed E-state index contributed by atoms with van der Waals surface area (Å²) in [5, 5.41) is 5.85. The molecule has 0 spiro atoms. The number of nitrogens with one attached hydrogen (secondary N) is 2. The van der Waals surface area contributed by atoms with Gasteiger partial charge in [-0.25, -0.2) is 4.79 Å². The molecule has 0 bridgehead atoms. The lowest BCUT2D eigenvalue weighted by atomic mass is 10.1. The van der Waals surface area contributed by atoms with Gasteiger partial charge in [-0.15, -0.1) is 0 Å². The number of urea groups is 1. The lowest BCUT2D eigenvalue weighted by Crippen LogP contribution is -2.49. The molecule has 2 saturated heterocycles. The van der Waals surface area contributed by atoms with Crippen molar-refractivity contribution >= 4 is 11.7 Å². The fourth-order valence-corrected chi connectivity index (χ4v) is 4.22. The number of alkyl halides is 3. The van der Waals surface area contributed by atoms with Crippen LogP contribution in [0.2, 0.25) is 0 Å². The van der Waals surface area contributed by atoms with Gasteiger partial charge in [-0.3, -0.25) is 9.80 Å². The monoisotopic (exact) mass is 471 g/mol. The zero-order chi connectivity index (χ0) is 23.7. The zero-order valence-corrected chi connectivity index (χ0v) is 19.4. The van der Waals surface area contributed by atoms with Gasteiger partial charge in [0.05, 0.1) is 18.8 Å². The lowest BCUT2D eigenvalue weighted by Gasteiger charge is -2.36. The van der Waals surface area contributed by atoms with Crippen molar-refractivity contribution < 1.29 is 22.7 Å². The van der Waals surface area contributed by atoms with Crippen LogP contribution < -0.4 is 15.5 Å². The Balaban J connectivity index is 1.25. The summed E-state index contributed by atoms with van der Waals surface area (Å²) in [6.45, 7) is 10.6. The number of rotatable bonds is 9. The van der Waals surface area contributed by atoms with Crippen molar-refractivity contribution in [3.8, 4) is 0 Å². The van der Waals surface area contributed by atoms with Gasteiger partial charge in [0.2, 0.25) is 0 Å². The second kappa shape index (κ2) is 12.4. The molecule has 10 heteroatoms. The summed E-state index contributed by atoms with van der Waals surface area (Å²) >= 11 is 0. The van der Waals surface area contributed by atoms with Gasteiger partial charge in [0.25, 0.3) is 0 Å². The first-order chi connectivity index (χ1) is 15.8. The van der Waals surface area contributed by atoms with E-state index in [1.165, 1.54) is 12.1 Å². The molecule has 33 heavy (non-hydrogen) atoms.